The number of pyridine rings is 1. The number of anilines is 1. The van der Waals surface area contributed by atoms with Crippen LogP contribution in [0.15, 0.2) is 18.5 Å². The van der Waals surface area contributed by atoms with Gasteiger partial charge in [0.05, 0.1) is 12.3 Å². The molecule has 0 unspecified atom stereocenters. The highest BCUT2D eigenvalue weighted by molar-refractivity contribution is 5.90. The Morgan fingerprint density at radius 3 is 2.79 bits per heavy atom. The lowest BCUT2D eigenvalue weighted by molar-refractivity contribution is -0.114. The molecule has 0 spiro atoms. The summed E-state index contributed by atoms with van der Waals surface area (Å²) in [5, 5.41) is 2.73. The van der Waals surface area contributed by atoms with Gasteiger partial charge in [-0.25, -0.2) is 9.78 Å². The van der Waals surface area contributed by atoms with E-state index in [0.717, 1.165) is 5.56 Å². The van der Waals surface area contributed by atoms with Crippen molar-refractivity contribution in [1.29, 1.82) is 0 Å². The van der Waals surface area contributed by atoms with Crippen LogP contribution in [-0.4, -0.2) is 27.9 Å². The van der Waals surface area contributed by atoms with E-state index in [0.29, 0.717) is 17.9 Å². The molecule has 0 saturated carbocycles. The standard InChI is InChI=1S/C13H15N3O3/c1-4-19-13(18)11-7-16-6-10(14-9(3)17)8(2)5-12(16)15-11/h5-7H,4H2,1-3H3,(H,14,17). The van der Waals surface area contributed by atoms with Gasteiger partial charge in [0.15, 0.2) is 5.69 Å². The Hall–Kier alpha value is -2.37. The van der Waals surface area contributed by atoms with Gasteiger partial charge in [0.25, 0.3) is 0 Å². The second-order valence-corrected chi connectivity index (χ2v) is 4.16. The quantitative estimate of drug-likeness (QED) is 0.855. The molecule has 6 nitrogen and oxygen atoms in total. The third-order valence-corrected chi connectivity index (χ3v) is 2.59. The number of nitrogens with zero attached hydrogens (tertiary/aromatic N) is 2. The van der Waals surface area contributed by atoms with Crippen molar-refractivity contribution in [3.63, 3.8) is 0 Å². The first-order valence-electron chi connectivity index (χ1n) is 5.95. The Morgan fingerprint density at radius 1 is 1.42 bits per heavy atom. The molecule has 0 aromatic carbocycles. The number of rotatable bonds is 3. The van der Waals surface area contributed by atoms with Crippen molar-refractivity contribution < 1.29 is 14.3 Å². The Bertz CT molecular complexity index is 646. The summed E-state index contributed by atoms with van der Waals surface area (Å²) < 4.78 is 6.58. The van der Waals surface area contributed by atoms with Gasteiger partial charge in [-0.15, -0.1) is 0 Å². The molecule has 2 heterocycles. The summed E-state index contributed by atoms with van der Waals surface area (Å²) in [4.78, 5) is 26.9. The van der Waals surface area contributed by atoms with E-state index in [2.05, 4.69) is 10.3 Å². The number of imidazole rings is 1. The van der Waals surface area contributed by atoms with E-state index in [1.165, 1.54) is 6.92 Å². The lowest BCUT2D eigenvalue weighted by Gasteiger charge is -2.06. The molecule has 1 N–H and O–H groups in total. The average Bonchev–Trinajstić information content (AvgIpc) is 2.72. The predicted octanol–water partition coefficient (Wildman–Crippen LogP) is 1.78. The van der Waals surface area contributed by atoms with E-state index in [4.69, 9.17) is 4.74 Å². The number of aromatic nitrogens is 2. The molecule has 6 heteroatoms. The van der Waals surface area contributed by atoms with Crippen LogP contribution < -0.4 is 5.32 Å². The van der Waals surface area contributed by atoms with Crippen molar-refractivity contribution in [3.8, 4) is 0 Å². The van der Waals surface area contributed by atoms with Crippen molar-refractivity contribution in [2.24, 2.45) is 0 Å². The SMILES string of the molecule is CCOC(=O)c1cn2cc(NC(C)=O)c(C)cc2n1. The van der Waals surface area contributed by atoms with Crippen molar-refractivity contribution in [2.45, 2.75) is 20.8 Å². The average molecular weight is 261 g/mol. The summed E-state index contributed by atoms with van der Waals surface area (Å²) in [5.74, 6) is -0.599. The van der Waals surface area contributed by atoms with E-state index in [1.807, 2.05) is 6.92 Å². The highest BCUT2D eigenvalue weighted by Crippen LogP contribution is 2.17. The maximum Gasteiger partial charge on any atom is 0.358 e. The summed E-state index contributed by atoms with van der Waals surface area (Å²) in [5.41, 5.74) is 2.45. The summed E-state index contributed by atoms with van der Waals surface area (Å²) in [6.45, 7) is 5.36. The highest BCUT2D eigenvalue weighted by Gasteiger charge is 2.12. The first-order chi connectivity index (χ1) is 9.01. The zero-order chi connectivity index (χ0) is 14.0. The van der Waals surface area contributed by atoms with Gasteiger partial charge in [0, 0.05) is 19.3 Å². The summed E-state index contributed by atoms with van der Waals surface area (Å²) in [6.07, 6.45) is 3.31. The Kier molecular flexibility index (Phi) is 3.50. The molecule has 19 heavy (non-hydrogen) atoms. The van der Waals surface area contributed by atoms with Crippen LogP contribution in [-0.2, 0) is 9.53 Å². The number of amides is 1. The number of aryl methyl sites for hydroxylation is 1. The molecular formula is C13H15N3O3. The molecule has 0 aliphatic carbocycles. The number of carbonyl (C=O) groups excluding carboxylic acids is 2. The molecule has 100 valence electrons. The number of fused-ring (bicyclic) bond motifs is 1. The number of ether oxygens (including phenoxy) is 1. The van der Waals surface area contributed by atoms with Crippen molar-refractivity contribution in [3.05, 3.63) is 29.7 Å². The minimum Gasteiger partial charge on any atom is -0.461 e. The zero-order valence-corrected chi connectivity index (χ0v) is 11.1. The number of carbonyl (C=O) groups is 2. The second kappa shape index (κ2) is 5.09. The maximum atomic E-state index is 11.6. The minimum atomic E-state index is -0.454. The van der Waals surface area contributed by atoms with Crippen LogP contribution >= 0.6 is 0 Å². The normalized spacial score (nSPS) is 10.5. The summed E-state index contributed by atoms with van der Waals surface area (Å²) in [7, 11) is 0. The molecule has 2 aromatic heterocycles. The third kappa shape index (κ3) is 2.73. The fourth-order valence-electron chi connectivity index (χ4n) is 1.75. The zero-order valence-electron chi connectivity index (χ0n) is 11.1. The van der Waals surface area contributed by atoms with Crippen molar-refractivity contribution >= 4 is 23.2 Å². The van der Waals surface area contributed by atoms with Crippen LogP contribution in [0, 0.1) is 6.92 Å². The monoisotopic (exact) mass is 261 g/mol. The fourth-order valence-corrected chi connectivity index (χ4v) is 1.75. The van der Waals surface area contributed by atoms with Crippen LogP contribution in [0.5, 0.6) is 0 Å². The molecule has 0 saturated heterocycles. The molecule has 0 fully saturated rings. The van der Waals surface area contributed by atoms with E-state index in [1.54, 1.807) is 29.8 Å². The summed E-state index contributed by atoms with van der Waals surface area (Å²) >= 11 is 0. The van der Waals surface area contributed by atoms with Crippen molar-refractivity contribution in [1.82, 2.24) is 9.38 Å². The molecule has 0 bridgehead atoms. The van der Waals surface area contributed by atoms with Gasteiger partial charge >= 0.3 is 5.97 Å². The van der Waals surface area contributed by atoms with Gasteiger partial charge in [-0.2, -0.15) is 0 Å². The smallest absolute Gasteiger partial charge is 0.358 e. The first kappa shape index (κ1) is 13.1. The molecule has 0 radical (unpaired) electrons. The Labute approximate surface area is 110 Å². The number of hydrogen-bond acceptors (Lipinski definition) is 4. The number of esters is 1. The van der Waals surface area contributed by atoms with Gasteiger partial charge in [0.2, 0.25) is 5.91 Å². The minimum absolute atomic E-state index is 0.145. The summed E-state index contributed by atoms with van der Waals surface area (Å²) in [6, 6.07) is 1.80. The van der Waals surface area contributed by atoms with E-state index >= 15 is 0 Å². The van der Waals surface area contributed by atoms with Gasteiger partial charge < -0.3 is 14.5 Å². The molecule has 0 aliphatic rings. The van der Waals surface area contributed by atoms with E-state index in [9.17, 15) is 9.59 Å². The van der Waals surface area contributed by atoms with Gasteiger partial charge in [0.1, 0.15) is 5.65 Å². The maximum absolute atomic E-state index is 11.6. The number of hydrogen-bond donors (Lipinski definition) is 1. The molecule has 0 atom stereocenters. The first-order valence-corrected chi connectivity index (χ1v) is 5.95. The molecule has 1 amide bonds. The van der Waals surface area contributed by atoms with Crippen LogP contribution in [0.2, 0.25) is 0 Å². The molecule has 2 aromatic rings. The van der Waals surface area contributed by atoms with E-state index < -0.39 is 5.97 Å². The predicted molar refractivity (Wildman–Crippen MR) is 70.2 cm³/mol. The molecule has 2 rings (SSSR count). The lowest BCUT2D eigenvalue weighted by atomic mass is 10.2. The van der Waals surface area contributed by atoms with Crippen LogP contribution in [0.4, 0.5) is 5.69 Å². The van der Waals surface area contributed by atoms with Crippen LogP contribution in [0.3, 0.4) is 0 Å². The van der Waals surface area contributed by atoms with Gasteiger partial charge in [-0.1, -0.05) is 0 Å². The lowest BCUT2D eigenvalue weighted by Crippen LogP contribution is -2.08. The largest absolute Gasteiger partial charge is 0.461 e. The number of nitrogens with one attached hydrogen (secondary N) is 1. The molecular weight excluding hydrogens is 246 g/mol. The Morgan fingerprint density at radius 2 is 2.16 bits per heavy atom. The fraction of sp³-hybridized carbons (Fsp3) is 0.308. The third-order valence-electron chi connectivity index (χ3n) is 2.59. The van der Waals surface area contributed by atoms with Crippen LogP contribution in [0.1, 0.15) is 29.9 Å². The van der Waals surface area contributed by atoms with E-state index in [-0.39, 0.29) is 11.6 Å². The molecule has 0 aliphatic heterocycles. The van der Waals surface area contributed by atoms with Crippen molar-refractivity contribution in [2.75, 3.05) is 11.9 Å². The van der Waals surface area contributed by atoms with Gasteiger partial charge in [-0.05, 0) is 25.5 Å². The second-order valence-electron chi connectivity index (χ2n) is 4.16. The Balaban J connectivity index is 2.42. The highest BCUT2D eigenvalue weighted by atomic mass is 16.5. The topological polar surface area (TPSA) is 72.7 Å². The van der Waals surface area contributed by atoms with Crippen LogP contribution in [0.25, 0.3) is 5.65 Å². The van der Waals surface area contributed by atoms with Gasteiger partial charge in [-0.3, -0.25) is 4.79 Å².